The van der Waals surface area contributed by atoms with Gasteiger partial charge < -0.3 is 10.1 Å². The number of hydrogen-bond donors (Lipinski definition) is 2. The minimum atomic E-state index is -0.753. The first-order valence-electron chi connectivity index (χ1n) is 4.95. The summed E-state index contributed by atoms with van der Waals surface area (Å²) in [6, 6.07) is 6.15. The molecule has 0 unspecified atom stereocenters. The molecule has 0 saturated carbocycles. The van der Waals surface area contributed by atoms with Gasteiger partial charge in [0.05, 0.1) is 0 Å². The number of carboxylic acid groups (broad SMARTS) is 1. The standard InChI is InChI=1S/C12H13NO2/c1-8-2-4-10-9(3-5-12(14)15)7-13-11(10)6-8/h2,4,6-7,13H,3,5H2,1H3,(H,14,15). The van der Waals surface area contributed by atoms with Gasteiger partial charge in [-0.25, -0.2) is 0 Å². The lowest BCUT2D eigenvalue weighted by Crippen LogP contribution is -1.96. The smallest absolute Gasteiger partial charge is 0.303 e. The van der Waals surface area contributed by atoms with E-state index in [1.54, 1.807) is 0 Å². The van der Waals surface area contributed by atoms with Crippen molar-refractivity contribution < 1.29 is 9.90 Å². The number of fused-ring (bicyclic) bond motifs is 1. The fourth-order valence-electron chi connectivity index (χ4n) is 1.75. The van der Waals surface area contributed by atoms with Crippen LogP contribution in [0.5, 0.6) is 0 Å². The number of aliphatic carboxylic acids is 1. The van der Waals surface area contributed by atoms with Gasteiger partial charge >= 0.3 is 5.97 Å². The van der Waals surface area contributed by atoms with E-state index in [2.05, 4.69) is 11.1 Å². The minimum Gasteiger partial charge on any atom is -0.481 e. The highest BCUT2D eigenvalue weighted by molar-refractivity contribution is 5.84. The molecule has 2 aromatic rings. The number of aryl methyl sites for hydroxylation is 2. The second-order valence-electron chi connectivity index (χ2n) is 3.76. The van der Waals surface area contributed by atoms with Crippen molar-refractivity contribution in [1.82, 2.24) is 4.98 Å². The summed E-state index contributed by atoms with van der Waals surface area (Å²) in [5.41, 5.74) is 3.36. The third-order valence-electron chi connectivity index (χ3n) is 2.53. The van der Waals surface area contributed by atoms with Crippen LogP contribution in [0, 0.1) is 6.92 Å². The summed E-state index contributed by atoms with van der Waals surface area (Å²) < 4.78 is 0. The Hall–Kier alpha value is -1.77. The fraction of sp³-hybridized carbons (Fsp3) is 0.250. The van der Waals surface area contributed by atoms with Crippen molar-refractivity contribution >= 4 is 16.9 Å². The van der Waals surface area contributed by atoms with E-state index in [1.807, 2.05) is 25.3 Å². The van der Waals surface area contributed by atoms with Crippen molar-refractivity contribution in [3.05, 3.63) is 35.5 Å². The zero-order valence-electron chi connectivity index (χ0n) is 8.58. The second-order valence-corrected chi connectivity index (χ2v) is 3.76. The molecule has 3 heteroatoms. The Morgan fingerprint density at radius 3 is 3.00 bits per heavy atom. The predicted octanol–water partition coefficient (Wildman–Crippen LogP) is 2.49. The Labute approximate surface area is 87.7 Å². The van der Waals surface area contributed by atoms with E-state index in [1.165, 1.54) is 5.56 Å². The molecule has 0 atom stereocenters. The van der Waals surface area contributed by atoms with Gasteiger partial charge in [-0.2, -0.15) is 0 Å². The second kappa shape index (κ2) is 3.77. The van der Waals surface area contributed by atoms with Crippen LogP contribution in [0.2, 0.25) is 0 Å². The topological polar surface area (TPSA) is 53.1 Å². The quantitative estimate of drug-likeness (QED) is 0.805. The van der Waals surface area contributed by atoms with Crippen LogP contribution in [0.1, 0.15) is 17.5 Å². The first kappa shape index (κ1) is 9.77. The van der Waals surface area contributed by atoms with Crippen LogP contribution in [0.3, 0.4) is 0 Å². The summed E-state index contributed by atoms with van der Waals surface area (Å²) in [4.78, 5) is 13.6. The van der Waals surface area contributed by atoms with Crippen molar-refractivity contribution in [3.8, 4) is 0 Å². The lowest BCUT2D eigenvalue weighted by molar-refractivity contribution is -0.136. The predicted molar refractivity (Wildman–Crippen MR) is 59.0 cm³/mol. The summed E-state index contributed by atoms with van der Waals surface area (Å²) >= 11 is 0. The van der Waals surface area contributed by atoms with Crippen LogP contribution in [0.15, 0.2) is 24.4 Å². The summed E-state index contributed by atoms with van der Waals surface area (Å²) in [5.74, 6) is -0.753. The molecule has 78 valence electrons. The van der Waals surface area contributed by atoms with Crippen LogP contribution in [0.25, 0.3) is 10.9 Å². The summed E-state index contributed by atoms with van der Waals surface area (Å²) in [6.07, 6.45) is 2.66. The first-order valence-corrected chi connectivity index (χ1v) is 4.95. The van der Waals surface area contributed by atoms with E-state index in [0.29, 0.717) is 6.42 Å². The molecule has 0 aliphatic heterocycles. The number of nitrogens with one attached hydrogen (secondary N) is 1. The average molecular weight is 203 g/mol. The molecular weight excluding hydrogens is 190 g/mol. The van der Waals surface area contributed by atoms with Crippen LogP contribution < -0.4 is 0 Å². The number of aromatic nitrogens is 1. The van der Waals surface area contributed by atoms with Crippen molar-refractivity contribution in [1.29, 1.82) is 0 Å². The maximum absolute atomic E-state index is 10.5. The van der Waals surface area contributed by atoms with Gasteiger partial charge in [0.25, 0.3) is 0 Å². The Morgan fingerprint density at radius 2 is 2.27 bits per heavy atom. The lowest BCUT2D eigenvalue weighted by atomic mass is 10.1. The van der Waals surface area contributed by atoms with E-state index >= 15 is 0 Å². The SMILES string of the molecule is Cc1ccc2c(CCC(=O)O)c[nH]c2c1. The molecule has 0 aliphatic rings. The Bertz CT molecular complexity index is 499. The molecule has 1 heterocycles. The number of hydrogen-bond acceptors (Lipinski definition) is 1. The largest absolute Gasteiger partial charge is 0.481 e. The van der Waals surface area contributed by atoms with Gasteiger partial charge in [0.1, 0.15) is 0 Å². The van der Waals surface area contributed by atoms with Gasteiger partial charge in [0, 0.05) is 23.5 Å². The van der Waals surface area contributed by atoms with E-state index in [4.69, 9.17) is 5.11 Å². The maximum Gasteiger partial charge on any atom is 0.303 e. The van der Waals surface area contributed by atoms with Crippen LogP contribution in [0.4, 0.5) is 0 Å². The third kappa shape index (κ3) is 2.01. The zero-order valence-corrected chi connectivity index (χ0v) is 8.58. The highest BCUT2D eigenvalue weighted by atomic mass is 16.4. The van der Waals surface area contributed by atoms with Gasteiger partial charge in [0.2, 0.25) is 0 Å². The van der Waals surface area contributed by atoms with Gasteiger partial charge in [0.15, 0.2) is 0 Å². The third-order valence-corrected chi connectivity index (χ3v) is 2.53. The molecule has 2 rings (SSSR count). The molecule has 0 saturated heterocycles. The van der Waals surface area contributed by atoms with Crippen LogP contribution >= 0.6 is 0 Å². The Balaban J connectivity index is 2.32. The molecular formula is C12H13NO2. The van der Waals surface area contributed by atoms with E-state index in [9.17, 15) is 4.79 Å². The molecule has 2 N–H and O–H groups in total. The normalized spacial score (nSPS) is 10.7. The Kier molecular flexibility index (Phi) is 2.46. The number of H-pyrrole nitrogens is 1. The van der Waals surface area contributed by atoms with Gasteiger partial charge in [-0.3, -0.25) is 4.79 Å². The average Bonchev–Trinajstić information content (AvgIpc) is 2.57. The number of carboxylic acids is 1. The highest BCUT2D eigenvalue weighted by Crippen LogP contribution is 2.20. The van der Waals surface area contributed by atoms with Gasteiger partial charge in [-0.05, 0) is 30.5 Å². The van der Waals surface area contributed by atoms with E-state index in [-0.39, 0.29) is 6.42 Å². The number of rotatable bonds is 3. The summed E-state index contributed by atoms with van der Waals surface area (Å²) in [5, 5.41) is 9.74. The molecule has 3 nitrogen and oxygen atoms in total. The molecule has 1 aromatic carbocycles. The van der Waals surface area contributed by atoms with Crippen molar-refractivity contribution in [2.45, 2.75) is 19.8 Å². The summed E-state index contributed by atoms with van der Waals surface area (Å²) in [7, 11) is 0. The summed E-state index contributed by atoms with van der Waals surface area (Å²) in [6.45, 7) is 2.04. The van der Waals surface area contributed by atoms with Crippen molar-refractivity contribution in [2.75, 3.05) is 0 Å². The number of benzene rings is 1. The first-order chi connectivity index (χ1) is 7.16. The van der Waals surface area contributed by atoms with E-state index in [0.717, 1.165) is 16.5 Å². The Morgan fingerprint density at radius 1 is 1.47 bits per heavy atom. The molecule has 0 fully saturated rings. The van der Waals surface area contributed by atoms with Gasteiger partial charge in [-0.1, -0.05) is 12.1 Å². The number of carbonyl (C=O) groups is 1. The molecule has 0 radical (unpaired) electrons. The maximum atomic E-state index is 10.5. The molecule has 0 aliphatic carbocycles. The molecule has 0 amide bonds. The molecule has 0 spiro atoms. The lowest BCUT2D eigenvalue weighted by Gasteiger charge is -1.97. The van der Waals surface area contributed by atoms with Crippen LogP contribution in [-0.2, 0) is 11.2 Å². The zero-order chi connectivity index (χ0) is 10.8. The molecule has 15 heavy (non-hydrogen) atoms. The van der Waals surface area contributed by atoms with E-state index < -0.39 is 5.97 Å². The number of aromatic amines is 1. The van der Waals surface area contributed by atoms with Crippen molar-refractivity contribution in [2.24, 2.45) is 0 Å². The molecule has 1 aromatic heterocycles. The fourth-order valence-corrected chi connectivity index (χ4v) is 1.75. The van der Waals surface area contributed by atoms with Crippen LogP contribution in [-0.4, -0.2) is 16.1 Å². The minimum absolute atomic E-state index is 0.181. The highest BCUT2D eigenvalue weighted by Gasteiger charge is 2.05. The van der Waals surface area contributed by atoms with Gasteiger partial charge in [-0.15, -0.1) is 0 Å². The van der Waals surface area contributed by atoms with Crippen molar-refractivity contribution in [3.63, 3.8) is 0 Å². The monoisotopic (exact) mass is 203 g/mol. The molecule has 0 bridgehead atoms.